The van der Waals surface area contributed by atoms with E-state index in [9.17, 15) is 0 Å². The second kappa shape index (κ2) is 8.06. The zero-order valence-electron chi connectivity index (χ0n) is 11.8. The smallest absolute Gasteiger partial charge is 0.0589 e. The van der Waals surface area contributed by atoms with E-state index < -0.39 is 0 Å². The molecule has 1 aliphatic carbocycles. The van der Waals surface area contributed by atoms with Crippen molar-refractivity contribution in [3.63, 3.8) is 0 Å². The quantitative estimate of drug-likeness (QED) is 0.637. The minimum Gasteiger partial charge on any atom is -0.383 e. The van der Waals surface area contributed by atoms with Crippen molar-refractivity contribution in [3.05, 3.63) is 0 Å². The molecule has 0 amide bonds. The molecule has 0 aromatic rings. The first-order valence-corrected chi connectivity index (χ1v) is 7.15. The number of hydrogen-bond donors (Lipinski definition) is 1. The van der Waals surface area contributed by atoms with E-state index in [1.807, 2.05) is 0 Å². The Morgan fingerprint density at radius 1 is 1.35 bits per heavy atom. The van der Waals surface area contributed by atoms with E-state index >= 15 is 0 Å². The highest BCUT2D eigenvalue weighted by atomic mass is 16.5. The molecular weight excluding hydrogens is 212 g/mol. The summed E-state index contributed by atoms with van der Waals surface area (Å²) in [5, 5.41) is 0. The Morgan fingerprint density at radius 3 is 2.53 bits per heavy atom. The van der Waals surface area contributed by atoms with Gasteiger partial charge in [0.2, 0.25) is 0 Å². The van der Waals surface area contributed by atoms with Gasteiger partial charge in [0, 0.05) is 19.7 Å². The van der Waals surface area contributed by atoms with Crippen LogP contribution >= 0.6 is 0 Å². The van der Waals surface area contributed by atoms with Gasteiger partial charge in [-0.2, -0.15) is 0 Å². The topological polar surface area (TPSA) is 38.5 Å². The lowest BCUT2D eigenvalue weighted by Gasteiger charge is -2.30. The molecule has 102 valence electrons. The summed E-state index contributed by atoms with van der Waals surface area (Å²) in [6.07, 6.45) is 5.26. The minimum atomic E-state index is 0.687. The number of methoxy groups -OCH3 is 1. The third-order valence-electron chi connectivity index (χ3n) is 4.20. The molecule has 17 heavy (non-hydrogen) atoms. The summed E-state index contributed by atoms with van der Waals surface area (Å²) in [4.78, 5) is 2.60. The SMILES string of the molecule is CCC(CN)CCN(CCOC)C(C)C1CC1. The third kappa shape index (κ3) is 5.36. The van der Waals surface area contributed by atoms with Crippen LogP contribution in [0, 0.1) is 11.8 Å². The van der Waals surface area contributed by atoms with E-state index in [4.69, 9.17) is 10.5 Å². The van der Waals surface area contributed by atoms with Gasteiger partial charge < -0.3 is 10.5 Å². The fourth-order valence-corrected chi connectivity index (χ4v) is 2.44. The molecule has 1 rings (SSSR count). The molecule has 1 saturated carbocycles. The number of nitrogens with two attached hydrogens (primary N) is 1. The fraction of sp³-hybridized carbons (Fsp3) is 1.00. The molecule has 3 heteroatoms. The summed E-state index contributed by atoms with van der Waals surface area (Å²) in [7, 11) is 1.79. The minimum absolute atomic E-state index is 0.687. The molecule has 0 bridgehead atoms. The Hall–Kier alpha value is -0.120. The number of rotatable bonds is 10. The van der Waals surface area contributed by atoms with E-state index in [0.29, 0.717) is 5.92 Å². The third-order valence-corrected chi connectivity index (χ3v) is 4.20. The maximum atomic E-state index is 5.77. The maximum Gasteiger partial charge on any atom is 0.0589 e. The maximum absolute atomic E-state index is 5.77. The molecule has 2 unspecified atom stereocenters. The lowest BCUT2D eigenvalue weighted by molar-refractivity contribution is 0.111. The molecule has 0 aliphatic heterocycles. The Kier molecular flexibility index (Phi) is 7.09. The zero-order valence-corrected chi connectivity index (χ0v) is 11.8. The highest BCUT2D eigenvalue weighted by Crippen LogP contribution is 2.35. The molecule has 0 aromatic heterocycles. The predicted molar refractivity (Wildman–Crippen MR) is 73.1 cm³/mol. The van der Waals surface area contributed by atoms with Crippen molar-refractivity contribution < 1.29 is 4.74 Å². The summed E-state index contributed by atoms with van der Waals surface area (Å²) in [6, 6.07) is 0.723. The lowest BCUT2D eigenvalue weighted by atomic mass is 10.0. The summed E-state index contributed by atoms with van der Waals surface area (Å²) < 4.78 is 5.22. The van der Waals surface area contributed by atoms with E-state index in [1.54, 1.807) is 7.11 Å². The van der Waals surface area contributed by atoms with Crippen LogP contribution in [0.15, 0.2) is 0 Å². The predicted octanol–water partition coefficient (Wildman–Crippen LogP) is 2.11. The van der Waals surface area contributed by atoms with Crippen LogP contribution in [0.5, 0.6) is 0 Å². The molecule has 3 nitrogen and oxygen atoms in total. The molecule has 0 radical (unpaired) electrons. The van der Waals surface area contributed by atoms with Crippen molar-refractivity contribution in [3.8, 4) is 0 Å². The van der Waals surface area contributed by atoms with Crippen molar-refractivity contribution >= 4 is 0 Å². The second-order valence-electron chi connectivity index (χ2n) is 5.41. The fourth-order valence-electron chi connectivity index (χ4n) is 2.44. The molecule has 2 atom stereocenters. The van der Waals surface area contributed by atoms with Crippen LogP contribution in [0.4, 0.5) is 0 Å². The van der Waals surface area contributed by atoms with Crippen molar-refractivity contribution in [1.82, 2.24) is 4.90 Å². The van der Waals surface area contributed by atoms with Crippen LogP contribution in [-0.4, -0.2) is 44.3 Å². The lowest BCUT2D eigenvalue weighted by Crippen LogP contribution is -2.39. The summed E-state index contributed by atoms with van der Waals surface area (Å²) in [5.74, 6) is 1.62. The van der Waals surface area contributed by atoms with Gasteiger partial charge in [-0.15, -0.1) is 0 Å². The zero-order chi connectivity index (χ0) is 12.7. The van der Waals surface area contributed by atoms with Crippen LogP contribution in [0.3, 0.4) is 0 Å². The van der Waals surface area contributed by atoms with Gasteiger partial charge in [-0.3, -0.25) is 4.90 Å². The van der Waals surface area contributed by atoms with Gasteiger partial charge in [-0.1, -0.05) is 13.3 Å². The Labute approximate surface area is 107 Å². The Balaban J connectivity index is 2.33. The van der Waals surface area contributed by atoms with Gasteiger partial charge in [-0.05, 0) is 51.1 Å². The molecule has 1 fully saturated rings. The molecule has 0 spiro atoms. The second-order valence-corrected chi connectivity index (χ2v) is 5.41. The first-order valence-electron chi connectivity index (χ1n) is 7.15. The van der Waals surface area contributed by atoms with Crippen LogP contribution in [0.2, 0.25) is 0 Å². The normalized spacial score (nSPS) is 19.6. The first kappa shape index (κ1) is 14.9. The first-order chi connectivity index (χ1) is 8.22. The largest absolute Gasteiger partial charge is 0.383 e. The van der Waals surface area contributed by atoms with Crippen molar-refractivity contribution in [1.29, 1.82) is 0 Å². The molecule has 0 saturated heterocycles. The van der Waals surface area contributed by atoms with Crippen molar-refractivity contribution in [2.24, 2.45) is 17.6 Å². The average Bonchev–Trinajstić information content (AvgIpc) is 3.17. The average molecular weight is 242 g/mol. The number of hydrogen-bond acceptors (Lipinski definition) is 3. The number of nitrogens with zero attached hydrogens (tertiary/aromatic N) is 1. The van der Waals surface area contributed by atoms with Crippen molar-refractivity contribution in [2.45, 2.75) is 45.6 Å². The van der Waals surface area contributed by atoms with Gasteiger partial charge in [0.15, 0.2) is 0 Å². The van der Waals surface area contributed by atoms with E-state index in [2.05, 4.69) is 18.7 Å². The van der Waals surface area contributed by atoms with Crippen LogP contribution in [0.25, 0.3) is 0 Å². The van der Waals surface area contributed by atoms with E-state index in [-0.39, 0.29) is 0 Å². The van der Waals surface area contributed by atoms with Crippen LogP contribution in [0.1, 0.15) is 39.5 Å². The van der Waals surface area contributed by atoms with Gasteiger partial charge in [0.05, 0.1) is 6.61 Å². The van der Waals surface area contributed by atoms with Gasteiger partial charge >= 0.3 is 0 Å². The summed E-state index contributed by atoms with van der Waals surface area (Å²) >= 11 is 0. The monoisotopic (exact) mass is 242 g/mol. The van der Waals surface area contributed by atoms with Crippen LogP contribution < -0.4 is 5.73 Å². The molecular formula is C14H30N2O. The molecule has 1 aliphatic rings. The highest BCUT2D eigenvalue weighted by Gasteiger charge is 2.31. The van der Waals surface area contributed by atoms with Gasteiger partial charge in [0.25, 0.3) is 0 Å². The van der Waals surface area contributed by atoms with Gasteiger partial charge in [0.1, 0.15) is 0 Å². The van der Waals surface area contributed by atoms with Crippen molar-refractivity contribution in [2.75, 3.05) is 33.4 Å². The molecule has 2 N–H and O–H groups in total. The molecule has 0 aromatic carbocycles. The Bertz CT molecular complexity index is 191. The molecule has 0 heterocycles. The summed E-state index contributed by atoms with van der Waals surface area (Å²) in [5.41, 5.74) is 5.77. The Morgan fingerprint density at radius 2 is 2.06 bits per heavy atom. The van der Waals surface area contributed by atoms with Gasteiger partial charge in [-0.25, -0.2) is 0 Å². The summed E-state index contributed by atoms with van der Waals surface area (Å²) in [6.45, 7) is 8.52. The van der Waals surface area contributed by atoms with E-state index in [0.717, 1.165) is 31.7 Å². The van der Waals surface area contributed by atoms with E-state index in [1.165, 1.54) is 32.2 Å². The standard InChI is InChI=1S/C14H30N2O/c1-4-13(11-15)7-8-16(9-10-17-3)12(2)14-5-6-14/h12-14H,4-11,15H2,1-3H3. The highest BCUT2D eigenvalue weighted by molar-refractivity contribution is 4.85. The van der Waals surface area contributed by atoms with Crippen LogP contribution in [-0.2, 0) is 4.74 Å². The number of ether oxygens (including phenoxy) is 1.